The largest absolute Gasteiger partial charge is 0.383 e. The number of pyridine rings is 1. The molecule has 0 spiro atoms. The number of thiophene rings is 1. The van der Waals surface area contributed by atoms with Gasteiger partial charge < -0.3 is 11.1 Å². The van der Waals surface area contributed by atoms with E-state index in [1.807, 2.05) is 47.2 Å². The minimum absolute atomic E-state index is 0.0651. The number of thiazole rings is 1. The normalized spacial score (nSPS) is 10.7. The Morgan fingerprint density at radius 1 is 1.11 bits per heavy atom. The second-order valence-electron chi connectivity index (χ2n) is 8.09. The lowest BCUT2D eigenvalue weighted by Crippen LogP contribution is -2.12. The summed E-state index contributed by atoms with van der Waals surface area (Å²) in [5, 5.41) is 27.3. The standard InChI is InChI=1S/C26H22N6OS3/c1-15(2)16-5-7-17(8-6-16)23-18(12-27)24(29)32-25(19(23)13-28)35-11-9-22(33)31-26-30-20(14-36-26)21-4-3-10-34-21/h3-8,10,14-15H,9,11H2,1-2H3,(H2,29,32)(H,30,31,33). The van der Waals surface area contributed by atoms with Gasteiger partial charge in [-0.3, -0.25) is 4.79 Å². The molecule has 0 atom stereocenters. The number of carbonyl (C=O) groups is 1. The fraction of sp³-hybridized carbons (Fsp3) is 0.192. The molecule has 3 N–H and O–H groups in total. The summed E-state index contributed by atoms with van der Waals surface area (Å²) in [5.41, 5.74) is 9.76. The van der Waals surface area contributed by atoms with Crippen LogP contribution in [0.5, 0.6) is 0 Å². The van der Waals surface area contributed by atoms with Crippen LogP contribution in [-0.4, -0.2) is 21.6 Å². The second-order valence-corrected chi connectivity index (χ2v) is 11.0. The summed E-state index contributed by atoms with van der Waals surface area (Å²) in [7, 11) is 0. The lowest BCUT2D eigenvalue weighted by molar-refractivity contribution is -0.115. The number of anilines is 2. The molecule has 0 saturated carbocycles. The van der Waals surface area contributed by atoms with Crippen LogP contribution in [0.15, 0.2) is 52.2 Å². The van der Waals surface area contributed by atoms with Gasteiger partial charge in [0, 0.05) is 23.1 Å². The van der Waals surface area contributed by atoms with Gasteiger partial charge in [-0.2, -0.15) is 10.5 Å². The number of benzene rings is 1. The van der Waals surface area contributed by atoms with Crippen molar-refractivity contribution < 1.29 is 4.79 Å². The zero-order valence-electron chi connectivity index (χ0n) is 19.6. The Hall–Kier alpha value is -3.70. The van der Waals surface area contributed by atoms with Gasteiger partial charge in [0.1, 0.15) is 28.5 Å². The van der Waals surface area contributed by atoms with E-state index >= 15 is 0 Å². The maximum atomic E-state index is 12.5. The molecule has 0 aliphatic heterocycles. The monoisotopic (exact) mass is 530 g/mol. The van der Waals surface area contributed by atoms with Crippen molar-refractivity contribution in [2.24, 2.45) is 0 Å². The van der Waals surface area contributed by atoms with Crippen molar-refractivity contribution in [2.45, 2.75) is 31.2 Å². The highest BCUT2D eigenvalue weighted by molar-refractivity contribution is 7.99. The first-order valence-electron chi connectivity index (χ1n) is 11.1. The molecule has 0 unspecified atom stereocenters. The third-order valence-corrected chi connectivity index (χ3v) is 8.00. The summed E-state index contributed by atoms with van der Waals surface area (Å²) < 4.78 is 0. The minimum atomic E-state index is -0.181. The predicted molar refractivity (Wildman–Crippen MR) is 147 cm³/mol. The molecule has 3 heterocycles. The van der Waals surface area contributed by atoms with Crippen molar-refractivity contribution in [3.05, 3.63) is 63.8 Å². The van der Waals surface area contributed by atoms with Gasteiger partial charge in [0.15, 0.2) is 5.13 Å². The molecule has 36 heavy (non-hydrogen) atoms. The molecule has 4 aromatic rings. The first-order chi connectivity index (χ1) is 17.4. The van der Waals surface area contributed by atoms with E-state index in [4.69, 9.17) is 5.73 Å². The van der Waals surface area contributed by atoms with Crippen molar-refractivity contribution in [1.82, 2.24) is 9.97 Å². The summed E-state index contributed by atoms with van der Waals surface area (Å²) in [4.78, 5) is 22.3. The summed E-state index contributed by atoms with van der Waals surface area (Å²) in [6, 6.07) is 16.0. The van der Waals surface area contributed by atoms with Gasteiger partial charge in [-0.25, -0.2) is 9.97 Å². The average Bonchev–Trinajstić information content (AvgIpc) is 3.56. The third kappa shape index (κ3) is 5.58. The number of aromatic nitrogens is 2. The zero-order chi connectivity index (χ0) is 25.7. The number of hydrogen-bond acceptors (Lipinski definition) is 9. The molecule has 0 fully saturated rings. The molecule has 0 aliphatic rings. The predicted octanol–water partition coefficient (Wildman–Crippen LogP) is 6.50. The van der Waals surface area contributed by atoms with Crippen LogP contribution >= 0.6 is 34.4 Å². The highest BCUT2D eigenvalue weighted by atomic mass is 32.2. The quantitative estimate of drug-likeness (QED) is 0.249. The van der Waals surface area contributed by atoms with Crippen LogP contribution in [-0.2, 0) is 4.79 Å². The molecule has 180 valence electrons. The van der Waals surface area contributed by atoms with Crippen molar-refractivity contribution in [2.75, 3.05) is 16.8 Å². The topological polar surface area (TPSA) is 128 Å². The molecule has 0 aliphatic carbocycles. The summed E-state index contributed by atoms with van der Waals surface area (Å²) >= 11 is 4.23. The average molecular weight is 531 g/mol. The van der Waals surface area contributed by atoms with Crippen molar-refractivity contribution in [3.8, 4) is 33.8 Å². The number of nitrogens with zero attached hydrogens (tertiary/aromatic N) is 4. The van der Waals surface area contributed by atoms with Crippen LogP contribution in [0.2, 0.25) is 0 Å². The van der Waals surface area contributed by atoms with E-state index in [0.29, 0.717) is 27.4 Å². The highest BCUT2D eigenvalue weighted by Gasteiger charge is 2.21. The zero-order valence-corrected chi connectivity index (χ0v) is 22.1. The number of thioether (sulfide) groups is 1. The molecular formula is C26H22N6OS3. The Labute approximate surface area is 221 Å². The van der Waals surface area contributed by atoms with Gasteiger partial charge in [0.25, 0.3) is 0 Å². The van der Waals surface area contributed by atoms with E-state index in [-0.39, 0.29) is 29.3 Å². The lowest BCUT2D eigenvalue weighted by Gasteiger charge is -2.14. The van der Waals surface area contributed by atoms with Gasteiger partial charge in [-0.1, -0.05) is 44.2 Å². The van der Waals surface area contributed by atoms with Crippen LogP contribution in [0, 0.1) is 22.7 Å². The maximum absolute atomic E-state index is 12.5. The van der Waals surface area contributed by atoms with Crippen LogP contribution < -0.4 is 11.1 Å². The summed E-state index contributed by atoms with van der Waals surface area (Å²) in [6.45, 7) is 4.20. The van der Waals surface area contributed by atoms with E-state index < -0.39 is 0 Å². The van der Waals surface area contributed by atoms with E-state index in [9.17, 15) is 15.3 Å². The van der Waals surface area contributed by atoms with Gasteiger partial charge in [-0.05, 0) is 28.5 Å². The number of amides is 1. The van der Waals surface area contributed by atoms with Crippen LogP contribution in [0.1, 0.15) is 42.9 Å². The first-order valence-corrected chi connectivity index (χ1v) is 13.8. The fourth-order valence-corrected chi connectivity index (χ4v) is 5.94. The molecule has 3 aromatic heterocycles. The smallest absolute Gasteiger partial charge is 0.226 e. The van der Waals surface area contributed by atoms with Gasteiger partial charge in [0.05, 0.1) is 16.1 Å². The molecule has 0 saturated heterocycles. The molecule has 7 nitrogen and oxygen atoms in total. The first kappa shape index (κ1) is 25.4. The Morgan fingerprint density at radius 2 is 1.86 bits per heavy atom. The molecule has 0 radical (unpaired) electrons. The number of nitrogen functional groups attached to an aromatic ring is 1. The van der Waals surface area contributed by atoms with Crippen LogP contribution in [0.3, 0.4) is 0 Å². The van der Waals surface area contributed by atoms with Crippen molar-refractivity contribution >= 4 is 51.3 Å². The number of carbonyl (C=O) groups excluding carboxylic acids is 1. The van der Waals surface area contributed by atoms with E-state index in [0.717, 1.165) is 21.7 Å². The highest BCUT2D eigenvalue weighted by Crippen LogP contribution is 2.36. The van der Waals surface area contributed by atoms with Gasteiger partial charge >= 0.3 is 0 Å². The minimum Gasteiger partial charge on any atom is -0.383 e. The molecule has 4 rings (SSSR count). The van der Waals surface area contributed by atoms with Crippen LogP contribution in [0.4, 0.5) is 10.9 Å². The van der Waals surface area contributed by atoms with E-state index in [2.05, 4.69) is 41.3 Å². The molecular weight excluding hydrogens is 509 g/mol. The molecule has 1 amide bonds. The van der Waals surface area contributed by atoms with Crippen molar-refractivity contribution in [3.63, 3.8) is 0 Å². The van der Waals surface area contributed by atoms with E-state index in [1.165, 1.54) is 23.1 Å². The third-order valence-electron chi connectivity index (χ3n) is 5.37. The number of rotatable bonds is 8. The molecule has 1 aromatic carbocycles. The van der Waals surface area contributed by atoms with Crippen LogP contribution in [0.25, 0.3) is 21.7 Å². The van der Waals surface area contributed by atoms with Crippen molar-refractivity contribution in [1.29, 1.82) is 10.5 Å². The number of nitrogens with one attached hydrogen (secondary N) is 1. The SMILES string of the molecule is CC(C)c1ccc(-c2c(C#N)c(N)nc(SCCC(=O)Nc3nc(-c4cccs4)cs3)c2C#N)cc1. The van der Waals surface area contributed by atoms with Gasteiger partial charge in [0.2, 0.25) is 5.91 Å². The van der Waals surface area contributed by atoms with E-state index in [1.54, 1.807) is 11.3 Å². The number of nitriles is 2. The Morgan fingerprint density at radius 3 is 2.50 bits per heavy atom. The lowest BCUT2D eigenvalue weighted by atomic mass is 9.94. The fourth-order valence-electron chi connectivity index (χ4n) is 3.52. The Kier molecular flexibility index (Phi) is 8.01. The van der Waals surface area contributed by atoms with Gasteiger partial charge in [-0.15, -0.1) is 34.4 Å². The Balaban J connectivity index is 1.49. The summed E-state index contributed by atoms with van der Waals surface area (Å²) in [6.07, 6.45) is 0.198. The Bertz CT molecular complexity index is 1460. The summed E-state index contributed by atoms with van der Waals surface area (Å²) in [5.74, 6) is 0.624. The molecule has 0 bridgehead atoms. The molecule has 10 heteroatoms. The number of nitrogens with two attached hydrogens (primary N) is 1. The maximum Gasteiger partial charge on any atom is 0.226 e. The number of hydrogen-bond donors (Lipinski definition) is 2. The second kappa shape index (κ2) is 11.4.